The highest BCUT2D eigenvalue weighted by Gasteiger charge is 2.31. The number of fused-ring (bicyclic) bond motifs is 1. The highest BCUT2D eigenvalue weighted by atomic mass is 16.2. The van der Waals surface area contributed by atoms with Crippen LogP contribution in [0, 0.1) is 5.92 Å². The van der Waals surface area contributed by atoms with Gasteiger partial charge in [-0.25, -0.2) is 9.97 Å². The number of aromatic amines is 1. The van der Waals surface area contributed by atoms with Gasteiger partial charge in [0.2, 0.25) is 5.91 Å². The highest BCUT2D eigenvalue weighted by Crippen LogP contribution is 2.25. The highest BCUT2D eigenvalue weighted by molar-refractivity contribution is 5.79. The number of H-pyrrole nitrogens is 1. The molecule has 0 unspecified atom stereocenters. The summed E-state index contributed by atoms with van der Waals surface area (Å²) in [4.78, 5) is 28.9. The summed E-state index contributed by atoms with van der Waals surface area (Å²) in [5.74, 6) is 1.40. The second-order valence-electron chi connectivity index (χ2n) is 6.27. The van der Waals surface area contributed by atoms with Gasteiger partial charge in [0, 0.05) is 50.4 Å². The average Bonchev–Trinajstić information content (AvgIpc) is 3.10. The Morgan fingerprint density at radius 1 is 1.17 bits per heavy atom. The van der Waals surface area contributed by atoms with Crippen LogP contribution in [0.2, 0.25) is 0 Å². The summed E-state index contributed by atoms with van der Waals surface area (Å²) >= 11 is 0. The number of aryl methyl sites for hydroxylation is 1. The minimum atomic E-state index is 0.101. The van der Waals surface area contributed by atoms with Gasteiger partial charge >= 0.3 is 0 Å². The molecular weight excluding hydrogens is 290 g/mol. The molecule has 6 nitrogen and oxygen atoms in total. The summed E-state index contributed by atoms with van der Waals surface area (Å²) in [6, 6.07) is 5.96. The van der Waals surface area contributed by atoms with E-state index in [9.17, 15) is 4.79 Å². The van der Waals surface area contributed by atoms with Gasteiger partial charge in [0.1, 0.15) is 5.82 Å². The molecule has 0 radical (unpaired) electrons. The lowest BCUT2D eigenvalue weighted by atomic mass is 9.88. The number of carbonyl (C=O) groups excluding carboxylic acids is 1. The number of nitrogens with one attached hydrogen (secondary N) is 1. The molecule has 23 heavy (non-hydrogen) atoms. The Hall–Kier alpha value is -2.37. The quantitative estimate of drug-likeness (QED) is 0.907. The Morgan fingerprint density at radius 3 is 2.83 bits per heavy atom. The molecule has 1 aliphatic carbocycles. The molecule has 6 heteroatoms. The van der Waals surface area contributed by atoms with Crippen LogP contribution in [-0.2, 0) is 17.6 Å². The third-order valence-electron chi connectivity index (χ3n) is 4.90. The van der Waals surface area contributed by atoms with E-state index in [1.54, 1.807) is 6.33 Å². The van der Waals surface area contributed by atoms with E-state index < -0.39 is 0 Å². The molecule has 0 saturated carbocycles. The van der Waals surface area contributed by atoms with Crippen molar-refractivity contribution in [2.75, 3.05) is 31.1 Å². The molecule has 2 aromatic rings. The second kappa shape index (κ2) is 6.02. The third kappa shape index (κ3) is 2.81. The first-order valence-electron chi connectivity index (χ1n) is 8.27. The lowest BCUT2D eigenvalue weighted by Gasteiger charge is -2.37. The number of hydrogen-bond donors (Lipinski definition) is 1. The van der Waals surface area contributed by atoms with E-state index in [0.717, 1.165) is 62.6 Å². The van der Waals surface area contributed by atoms with Crippen LogP contribution in [0.25, 0.3) is 0 Å². The fourth-order valence-corrected chi connectivity index (χ4v) is 3.57. The van der Waals surface area contributed by atoms with E-state index in [0.29, 0.717) is 5.91 Å². The van der Waals surface area contributed by atoms with Gasteiger partial charge in [-0.2, -0.15) is 0 Å². The summed E-state index contributed by atoms with van der Waals surface area (Å²) in [5.41, 5.74) is 2.27. The van der Waals surface area contributed by atoms with Crippen molar-refractivity contribution >= 4 is 11.7 Å². The predicted molar refractivity (Wildman–Crippen MR) is 87.1 cm³/mol. The molecule has 1 atom stereocenters. The zero-order valence-electron chi connectivity index (χ0n) is 13.1. The molecule has 0 bridgehead atoms. The van der Waals surface area contributed by atoms with Crippen LogP contribution < -0.4 is 4.90 Å². The first-order valence-corrected chi connectivity index (χ1v) is 8.27. The maximum Gasteiger partial charge on any atom is 0.226 e. The molecule has 4 rings (SSSR count). The van der Waals surface area contributed by atoms with Crippen molar-refractivity contribution in [1.29, 1.82) is 0 Å². The van der Waals surface area contributed by atoms with E-state index in [1.807, 2.05) is 29.3 Å². The van der Waals surface area contributed by atoms with E-state index in [-0.39, 0.29) is 5.92 Å². The standard InChI is InChI=1S/C17H21N5O/c23-17(13-4-5-14-15(11-13)20-12-19-14)22-9-7-21(8-10-22)16-3-1-2-6-18-16/h1-3,6,12-13H,4-5,7-11H2,(H,19,20)/t13-/m0/s1. The van der Waals surface area contributed by atoms with Gasteiger partial charge in [-0.1, -0.05) is 6.07 Å². The van der Waals surface area contributed by atoms with E-state index in [2.05, 4.69) is 19.9 Å². The fourth-order valence-electron chi connectivity index (χ4n) is 3.57. The van der Waals surface area contributed by atoms with Gasteiger partial charge in [-0.15, -0.1) is 0 Å². The predicted octanol–water partition coefficient (Wildman–Crippen LogP) is 1.26. The molecule has 1 amide bonds. The normalized spacial score (nSPS) is 21.1. The number of amides is 1. The topological polar surface area (TPSA) is 65.1 Å². The summed E-state index contributed by atoms with van der Waals surface area (Å²) in [6.07, 6.45) is 6.18. The Bertz CT molecular complexity index is 675. The molecule has 1 fully saturated rings. The van der Waals surface area contributed by atoms with Gasteiger partial charge in [-0.3, -0.25) is 4.79 Å². The van der Waals surface area contributed by atoms with Crippen molar-refractivity contribution in [3.63, 3.8) is 0 Å². The number of nitrogens with zero attached hydrogens (tertiary/aromatic N) is 4. The van der Waals surface area contributed by atoms with Gasteiger partial charge in [-0.05, 0) is 25.0 Å². The molecule has 120 valence electrons. The maximum absolute atomic E-state index is 12.8. The Kier molecular flexibility index (Phi) is 3.73. The van der Waals surface area contributed by atoms with Crippen LogP contribution in [0.5, 0.6) is 0 Å². The smallest absolute Gasteiger partial charge is 0.226 e. The van der Waals surface area contributed by atoms with Crippen LogP contribution in [-0.4, -0.2) is 51.9 Å². The number of carbonyl (C=O) groups is 1. The SMILES string of the molecule is O=C([C@H]1CCc2nc[nH]c2C1)N1CCN(c2ccccn2)CC1. The number of rotatable bonds is 2. The molecule has 0 aromatic carbocycles. The molecule has 1 N–H and O–H groups in total. The molecule has 1 aliphatic heterocycles. The minimum Gasteiger partial charge on any atom is -0.353 e. The number of anilines is 1. The van der Waals surface area contributed by atoms with Crippen LogP contribution in [0.3, 0.4) is 0 Å². The van der Waals surface area contributed by atoms with Crippen molar-refractivity contribution in [3.8, 4) is 0 Å². The maximum atomic E-state index is 12.8. The van der Waals surface area contributed by atoms with E-state index in [1.165, 1.54) is 0 Å². The van der Waals surface area contributed by atoms with Crippen molar-refractivity contribution in [3.05, 3.63) is 42.1 Å². The number of hydrogen-bond acceptors (Lipinski definition) is 4. The lowest BCUT2D eigenvalue weighted by molar-refractivity contribution is -0.136. The van der Waals surface area contributed by atoms with Gasteiger partial charge < -0.3 is 14.8 Å². The fraction of sp³-hybridized carbons (Fsp3) is 0.471. The van der Waals surface area contributed by atoms with Gasteiger partial charge in [0.05, 0.1) is 12.0 Å². The Morgan fingerprint density at radius 2 is 2.04 bits per heavy atom. The van der Waals surface area contributed by atoms with Crippen LogP contribution in [0.15, 0.2) is 30.7 Å². The Labute approximate surface area is 135 Å². The number of aromatic nitrogens is 3. The van der Waals surface area contributed by atoms with Crippen LogP contribution in [0.4, 0.5) is 5.82 Å². The van der Waals surface area contributed by atoms with Crippen molar-refractivity contribution in [1.82, 2.24) is 19.9 Å². The number of imidazole rings is 1. The monoisotopic (exact) mass is 311 g/mol. The largest absolute Gasteiger partial charge is 0.353 e. The van der Waals surface area contributed by atoms with Crippen LogP contribution >= 0.6 is 0 Å². The minimum absolute atomic E-state index is 0.101. The summed E-state index contributed by atoms with van der Waals surface area (Å²) in [5, 5.41) is 0. The van der Waals surface area contributed by atoms with Crippen molar-refractivity contribution in [2.45, 2.75) is 19.3 Å². The first kappa shape index (κ1) is 14.2. The van der Waals surface area contributed by atoms with E-state index >= 15 is 0 Å². The zero-order chi connectivity index (χ0) is 15.6. The molecular formula is C17H21N5O. The first-order chi connectivity index (χ1) is 11.3. The van der Waals surface area contributed by atoms with Gasteiger partial charge in [0.15, 0.2) is 0 Å². The Balaban J connectivity index is 1.36. The number of piperazine rings is 1. The molecule has 3 heterocycles. The third-order valence-corrected chi connectivity index (χ3v) is 4.90. The van der Waals surface area contributed by atoms with E-state index in [4.69, 9.17) is 0 Å². The molecule has 2 aliphatic rings. The summed E-state index contributed by atoms with van der Waals surface area (Å²) in [7, 11) is 0. The van der Waals surface area contributed by atoms with Gasteiger partial charge in [0.25, 0.3) is 0 Å². The molecule has 1 saturated heterocycles. The van der Waals surface area contributed by atoms with Crippen molar-refractivity contribution in [2.24, 2.45) is 5.92 Å². The lowest BCUT2D eigenvalue weighted by Crippen LogP contribution is -2.51. The molecule has 0 spiro atoms. The summed E-state index contributed by atoms with van der Waals surface area (Å²) in [6.45, 7) is 3.26. The van der Waals surface area contributed by atoms with Crippen LogP contribution in [0.1, 0.15) is 17.8 Å². The van der Waals surface area contributed by atoms with Crippen molar-refractivity contribution < 1.29 is 4.79 Å². The summed E-state index contributed by atoms with van der Waals surface area (Å²) < 4.78 is 0. The zero-order valence-corrected chi connectivity index (χ0v) is 13.1. The second-order valence-corrected chi connectivity index (χ2v) is 6.27. The number of pyridine rings is 1. The molecule has 2 aromatic heterocycles. The average molecular weight is 311 g/mol.